The first-order valence-electron chi connectivity index (χ1n) is 15.2. The lowest BCUT2D eigenvalue weighted by molar-refractivity contribution is -0.174. The molecule has 1 unspecified atom stereocenters. The fourth-order valence-electron chi connectivity index (χ4n) is 9.28. The van der Waals surface area contributed by atoms with Crippen LogP contribution in [0.1, 0.15) is 67.7 Å². The van der Waals surface area contributed by atoms with Crippen molar-refractivity contribution in [2.75, 3.05) is 12.4 Å². The maximum Gasteiger partial charge on any atom is 0.361 e. The van der Waals surface area contributed by atoms with Crippen LogP contribution in [-0.2, 0) is 16.0 Å². The SMILES string of the molecule is CC12C[C@H](O)[C@H]3[C@@H](CCC4=Cc5c(cnn5-c5ccc(F)cc5)C[C@@]43C)[C@@H]1CC[C@@]2(OC(=O)c1cocn1)C(=O)SCCO. The molecule has 0 amide bonds. The van der Waals surface area contributed by atoms with Crippen LogP contribution >= 0.6 is 11.8 Å². The van der Waals surface area contributed by atoms with Gasteiger partial charge in [-0.05, 0) is 97.6 Å². The van der Waals surface area contributed by atoms with Crippen LogP contribution in [0.15, 0.2) is 53.1 Å². The molecule has 232 valence electrons. The molecule has 0 bridgehead atoms. The van der Waals surface area contributed by atoms with E-state index < -0.39 is 23.1 Å². The number of carbonyl (C=O) groups excluding carboxylic acids is 2. The number of ether oxygens (including phenoxy) is 1. The predicted octanol–water partition coefficient (Wildman–Crippen LogP) is 5.00. The van der Waals surface area contributed by atoms with E-state index in [1.807, 2.05) is 17.8 Å². The quantitative estimate of drug-likeness (QED) is 0.366. The van der Waals surface area contributed by atoms with E-state index in [-0.39, 0.29) is 52.2 Å². The Bertz CT molecular complexity index is 1620. The number of aliphatic hydroxyl groups is 2. The van der Waals surface area contributed by atoms with Crippen LogP contribution < -0.4 is 0 Å². The number of hydrogen-bond donors (Lipinski definition) is 2. The van der Waals surface area contributed by atoms with E-state index in [4.69, 9.17) is 9.15 Å². The largest absolute Gasteiger partial charge is 0.451 e. The Morgan fingerprint density at radius 2 is 2.02 bits per heavy atom. The van der Waals surface area contributed by atoms with Crippen molar-refractivity contribution >= 4 is 28.9 Å². The summed E-state index contributed by atoms with van der Waals surface area (Å²) in [6.45, 7) is 4.07. The molecule has 3 aromatic rings. The van der Waals surface area contributed by atoms with Crippen LogP contribution in [0.3, 0.4) is 0 Å². The number of fused-ring (bicyclic) bond motifs is 6. The number of allylic oxidation sites excluding steroid dienone is 1. The fraction of sp³-hybridized carbons (Fsp3) is 0.515. The van der Waals surface area contributed by atoms with Crippen LogP contribution in [0.25, 0.3) is 11.8 Å². The summed E-state index contributed by atoms with van der Waals surface area (Å²) in [7, 11) is 0. The fourth-order valence-corrected chi connectivity index (χ4v) is 10.2. The summed E-state index contributed by atoms with van der Waals surface area (Å²) in [5.74, 6) is -0.726. The summed E-state index contributed by atoms with van der Waals surface area (Å²) in [6, 6.07) is 6.31. The van der Waals surface area contributed by atoms with Gasteiger partial charge in [0, 0.05) is 11.2 Å². The Morgan fingerprint density at radius 1 is 1.23 bits per heavy atom. The summed E-state index contributed by atoms with van der Waals surface area (Å²) < 4.78 is 26.6. The summed E-state index contributed by atoms with van der Waals surface area (Å²) >= 11 is 0.977. The number of aromatic nitrogens is 3. The molecule has 2 heterocycles. The number of esters is 1. The number of oxazole rings is 1. The predicted molar refractivity (Wildman–Crippen MR) is 160 cm³/mol. The molecular weight excluding hydrogens is 585 g/mol. The number of benzene rings is 1. The van der Waals surface area contributed by atoms with Crippen molar-refractivity contribution in [2.24, 2.45) is 28.6 Å². The van der Waals surface area contributed by atoms with Gasteiger partial charge in [0.25, 0.3) is 0 Å². The maximum absolute atomic E-state index is 13.9. The van der Waals surface area contributed by atoms with Gasteiger partial charge in [-0.2, -0.15) is 5.10 Å². The second kappa shape index (κ2) is 10.7. The molecule has 3 saturated carbocycles. The number of hydrogen-bond acceptors (Lipinski definition) is 9. The minimum atomic E-state index is -1.47. The highest BCUT2D eigenvalue weighted by molar-refractivity contribution is 8.13. The third-order valence-electron chi connectivity index (χ3n) is 11.2. The molecule has 4 aliphatic rings. The van der Waals surface area contributed by atoms with Crippen molar-refractivity contribution in [2.45, 2.75) is 64.1 Å². The van der Waals surface area contributed by atoms with Crippen LogP contribution in [0, 0.1) is 34.4 Å². The summed E-state index contributed by atoms with van der Waals surface area (Å²) in [6.07, 6.45) is 9.43. The van der Waals surface area contributed by atoms with Gasteiger partial charge < -0.3 is 19.4 Å². The molecular formula is C33H36FN3O6S. The second-order valence-electron chi connectivity index (χ2n) is 13.2. The smallest absolute Gasteiger partial charge is 0.361 e. The highest BCUT2D eigenvalue weighted by atomic mass is 32.2. The van der Waals surface area contributed by atoms with Crippen molar-refractivity contribution in [1.29, 1.82) is 0 Å². The zero-order valence-electron chi connectivity index (χ0n) is 24.7. The molecule has 3 fully saturated rings. The van der Waals surface area contributed by atoms with Crippen molar-refractivity contribution < 1.29 is 33.3 Å². The molecule has 0 aliphatic heterocycles. The van der Waals surface area contributed by atoms with Gasteiger partial charge in [-0.3, -0.25) is 4.79 Å². The first kappa shape index (κ1) is 29.4. The van der Waals surface area contributed by atoms with Gasteiger partial charge in [0.2, 0.25) is 5.12 Å². The average Bonchev–Trinajstić information content (AvgIpc) is 3.73. The number of carbonyl (C=O) groups is 2. The molecule has 0 spiro atoms. The number of nitrogens with zero attached hydrogens (tertiary/aromatic N) is 3. The first-order chi connectivity index (χ1) is 21.1. The molecule has 0 saturated heterocycles. The highest BCUT2D eigenvalue weighted by Gasteiger charge is 2.70. The van der Waals surface area contributed by atoms with Crippen molar-refractivity contribution in [3.05, 3.63) is 71.5 Å². The zero-order valence-corrected chi connectivity index (χ0v) is 25.6. The summed E-state index contributed by atoms with van der Waals surface area (Å²) in [5.41, 5.74) is 1.54. The highest BCUT2D eigenvalue weighted by Crippen LogP contribution is 2.69. The lowest BCUT2D eigenvalue weighted by Gasteiger charge is -2.60. The lowest BCUT2D eigenvalue weighted by atomic mass is 9.45. The second-order valence-corrected chi connectivity index (χ2v) is 14.3. The van der Waals surface area contributed by atoms with E-state index in [9.17, 15) is 24.2 Å². The van der Waals surface area contributed by atoms with Crippen molar-refractivity contribution in [3.8, 4) is 5.69 Å². The van der Waals surface area contributed by atoms with Gasteiger partial charge in [-0.15, -0.1) is 0 Å². The first-order valence-corrected chi connectivity index (χ1v) is 16.2. The van der Waals surface area contributed by atoms with Crippen LogP contribution in [0.2, 0.25) is 0 Å². The normalized spacial score (nSPS) is 33.9. The Hall–Kier alpha value is -3.28. The molecule has 11 heteroatoms. The molecule has 4 aliphatic carbocycles. The van der Waals surface area contributed by atoms with E-state index >= 15 is 0 Å². The van der Waals surface area contributed by atoms with Crippen molar-refractivity contribution in [1.82, 2.24) is 14.8 Å². The molecule has 44 heavy (non-hydrogen) atoms. The monoisotopic (exact) mass is 621 g/mol. The number of thioether (sulfide) groups is 1. The Labute approximate surface area is 258 Å². The Morgan fingerprint density at radius 3 is 2.75 bits per heavy atom. The average molecular weight is 622 g/mol. The molecule has 2 N–H and O–H groups in total. The van der Waals surface area contributed by atoms with E-state index in [1.165, 1.54) is 24.0 Å². The third-order valence-corrected chi connectivity index (χ3v) is 12.2. The van der Waals surface area contributed by atoms with Crippen LogP contribution in [0.4, 0.5) is 4.39 Å². The van der Waals surface area contributed by atoms with E-state index in [0.29, 0.717) is 25.7 Å². The molecule has 7 atom stereocenters. The number of halogens is 1. The third kappa shape index (κ3) is 4.26. The Kier molecular flexibility index (Phi) is 7.13. The molecule has 9 nitrogen and oxygen atoms in total. The minimum absolute atomic E-state index is 0.00947. The number of aliphatic hydroxyl groups excluding tert-OH is 2. The number of rotatable bonds is 6. The van der Waals surface area contributed by atoms with E-state index in [0.717, 1.165) is 47.9 Å². The maximum atomic E-state index is 13.9. The van der Waals surface area contributed by atoms with Crippen LogP contribution in [-0.4, -0.2) is 60.1 Å². The van der Waals surface area contributed by atoms with Gasteiger partial charge in [0.15, 0.2) is 17.7 Å². The molecule has 1 aromatic carbocycles. The van der Waals surface area contributed by atoms with Gasteiger partial charge in [-0.1, -0.05) is 31.2 Å². The van der Waals surface area contributed by atoms with E-state index in [1.54, 1.807) is 12.1 Å². The van der Waals surface area contributed by atoms with Gasteiger partial charge in [0.05, 0.1) is 30.3 Å². The standard InChI is InChI=1S/C33H36FN3O6S/c1-31-14-19-16-36-37(22-6-4-21(34)5-7-22)26(19)13-20(31)3-8-23-24-9-10-33(30(41)44-12-11-38,32(24,2)15-27(39)28(23)31)43-29(40)25-17-42-18-35-25/h4-7,13,16-18,23-24,27-28,38-39H,3,8-12,14-15H2,1-2H3/t23-,24-,27-,28+,31-,32?,33+/m0/s1. The zero-order chi connectivity index (χ0) is 30.9. The van der Waals surface area contributed by atoms with Gasteiger partial charge in [-0.25, -0.2) is 18.9 Å². The van der Waals surface area contributed by atoms with Gasteiger partial charge in [0.1, 0.15) is 12.1 Å². The Balaban J connectivity index is 1.22. The summed E-state index contributed by atoms with van der Waals surface area (Å²) in [5, 5.41) is 25.9. The topological polar surface area (TPSA) is 128 Å². The molecule has 7 rings (SSSR count). The van der Waals surface area contributed by atoms with Gasteiger partial charge >= 0.3 is 5.97 Å². The summed E-state index contributed by atoms with van der Waals surface area (Å²) in [4.78, 5) is 31.1. The van der Waals surface area contributed by atoms with Crippen LogP contribution in [0.5, 0.6) is 0 Å². The van der Waals surface area contributed by atoms with E-state index in [2.05, 4.69) is 23.1 Å². The van der Waals surface area contributed by atoms with Crippen molar-refractivity contribution in [3.63, 3.8) is 0 Å². The molecule has 0 radical (unpaired) electrons. The molecule has 2 aromatic heterocycles. The lowest BCUT2D eigenvalue weighted by Crippen LogP contribution is -2.62. The minimum Gasteiger partial charge on any atom is -0.451 e.